The van der Waals surface area contributed by atoms with E-state index in [0.717, 1.165) is 17.7 Å². The van der Waals surface area contributed by atoms with Gasteiger partial charge in [0.1, 0.15) is 17.5 Å². The molecule has 2 aromatic carbocycles. The molecule has 0 aromatic heterocycles. The van der Waals surface area contributed by atoms with Crippen molar-refractivity contribution >= 4 is 23.4 Å². The maximum absolute atomic E-state index is 13.1. The summed E-state index contributed by atoms with van der Waals surface area (Å²) < 4.78 is 10.9. The molecule has 2 rings (SSSR count). The number of carbonyl (C=O) groups is 2. The van der Waals surface area contributed by atoms with Crippen LogP contribution in [-0.4, -0.2) is 42.5 Å². The van der Waals surface area contributed by atoms with Gasteiger partial charge in [0.2, 0.25) is 11.8 Å². The Labute approximate surface area is 195 Å². The highest BCUT2D eigenvalue weighted by Gasteiger charge is 2.26. The predicted octanol–water partition coefficient (Wildman–Crippen LogP) is 4.84. The molecule has 6 nitrogen and oxygen atoms in total. The number of methoxy groups -OCH3 is 1. The molecule has 2 atom stereocenters. The van der Waals surface area contributed by atoms with Gasteiger partial charge in [-0.05, 0) is 68.7 Å². The number of hydrogen-bond acceptors (Lipinski definition) is 4. The molecule has 0 aliphatic rings. The number of halogens is 1. The number of hydrogen-bond donors (Lipinski definition) is 1. The molecule has 7 heteroatoms. The molecule has 0 aliphatic heterocycles. The van der Waals surface area contributed by atoms with Crippen molar-refractivity contribution in [3.05, 3.63) is 59.1 Å². The number of ether oxygens (including phenoxy) is 2. The van der Waals surface area contributed by atoms with Gasteiger partial charge < -0.3 is 19.7 Å². The van der Waals surface area contributed by atoms with Crippen LogP contribution in [0.2, 0.25) is 5.02 Å². The van der Waals surface area contributed by atoms with Gasteiger partial charge in [-0.3, -0.25) is 9.59 Å². The Kier molecular flexibility index (Phi) is 10.3. The summed E-state index contributed by atoms with van der Waals surface area (Å²) in [4.78, 5) is 27.4. The van der Waals surface area contributed by atoms with E-state index in [0.29, 0.717) is 30.3 Å². The summed E-state index contributed by atoms with van der Waals surface area (Å²) in [6.45, 7) is 6.47. The second-order valence-corrected chi connectivity index (χ2v) is 8.21. The fourth-order valence-corrected chi connectivity index (χ4v) is 3.19. The first-order valence-electron chi connectivity index (χ1n) is 10.9. The Morgan fingerprint density at radius 1 is 1.03 bits per heavy atom. The van der Waals surface area contributed by atoms with Gasteiger partial charge >= 0.3 is 0 Å². The summed E-state index contributed by atoms with van der Waals surface area (Å²) in [5.74, 6) is 1.21. The van der Waals surface area contributed by atoms with Gasteiger partial charge in [0.05, 0.1) is 13.7 Å². The molecule has 0 saturated carbocycles. The number of nitrogens with zero attached hydrogens (tertiary/aromatic N) is 1. The lowest BCUT2D eigenvalue weighted by molar-refractivity contribution is -0.141. The van der Waals surface area contributed by atoms with Gasteiger partial charge in [-0.15, -0.1) is 0 Å². The first-order chi connectivity index (χ1) is 15.3. The minimum Gasteiger partial charge on any atom is -0.497 e. The largest absolute Gasteiger partial charge is 0.497 e. The number of amides is 2. The standard InChI is InChI=1S/C25H33ClN2O4/c1-5-18(2)27-25(30)19(3)28(17-20-8-12-22(31-4)13-9-20)24(29)7-6-16-32-23-14-10-21(26)11-15-23/h8-15,18-19H,5-7,16-17H2,1-4H3,(H,27,30)/t18-,19-/m1/s1. The first kappa shape index (κ1) is 25.5. The third-order valence-corrected chi connectivity index (χ3v) is 5.55. The smallest absolute Gasteiger partial charge is 0.242 e. The topological polar surface area (TPSA) is 67.9 Å². The average Bonchev–Trinajstić information content (AvgIpc) is 2.81. The Morgan fingerprint density at radius 3 is 2.25 bits per heavy atom. The zero-order chi connectivity index (χ0) is 23.5. The van der Waals surface area contributed by atoms with Crippen molar-refractivity contribution in [2.24, 2.45) is 0 Å². The molecule has 0 saturated heterocycles. The molecule has 0 fully saturated rings. The Hall–Kier alpha value is -2.73. The summed E-state index contributed by atoms with van der Waals surface area (Å²) in [6.07, 6.45) is 1.65. The SMILES string of the molecule is CC[C@@H](C)NC(=O)[C@@H](C)N(Cc1ccc(OC)cc1)C(=O)CCCOc1ccc(Cl)cc1. The molecular formula is C25H33ClN2O4. The molecule has 0 spiro atoms. The van der Waals surface area contributed by atoms with Crippen molar-refractivity contribution in [3.63, 3.8) is 0 Å². The van der Waals surface area contributed by atoms with E-state index in [1.807, 2.05) is 38.1 Å². The highest BCUT2D eigenvalue weighted by molar-refractivity contribution is 6.30. The monoisotopic (exact) mass is 460 g/mol. The Bertz CT molecular complexity index is 855. The van der Waals surface area contributed by atoms with E-state index in [1.165, 1.54) is 0 Å². The molecule has 1 N–H and O–H groups in total. The fourth-order valence-electron chi connectivity index (χ4n) is 3.06. The van der Waals surface area contributed by atoms with Crippen LogP contribution in [0, 0.1) is 0 Å². The first-order valence-corrected chi connectivity index (χ1v) is 11.3. The average molecular weight is 461 g/mol. The number of benzene rings is 2. The van der Waals surface area contributed by atoms with Crippen LogP contribution >= 0.6 is 11.6 Å². The molecule has 2 amide bonds. The van der Waals surface area contributed by atoms with Crippen LogP contribution in [0.4, 0.5) is 0 Å². The molecule has 0 bridgehead atoms. The summed E-state index contributed by atoms with van der Waals surface area (Å²) in [5, 5.41) is 3.62. The lowest BCUT2D eigenvalue weighted by Crippen LogP contribution is -2.49. The van der Waals surface area contributed by atoms with E-state index in [9.17, 15) is 9.59 Å². The van der Waals surface area contributed by atoms with Gasteiger partial charge in [0.15, 0.2) is 0 Å². The minimum atomic E-state index is -0.587. The minimum absolute atomic E-state index is 0.0515. The van der Waals surface area contributed by atoms with Crippen LogP contribution in [0.3, 0.4) is 0 Å². The van der Waals surface area contributed by atoms with Gasteiger partial charge in [-0.1, -0.05) is 30.7 Å². The molecule has 0 heterocycles. The maximum atomic E-state index is 13.1. The summed E-state index contributed by atoms with van der Waals surface area (Å²) in [5.41, 5.74) is 0.930. The summed E-state index contributed by atoms with van der Waals surface area (Å²) >= 11 is 5.88. The van der Waals surface area contributed by atoms with Gasteiger partial charge in [-0.2, -0.15) is 0 Å². The lowest BCUT2D eigenvalue weighted by atomic mass is 10.1. The van der Waals surface area contributed by atoms with Gasteiger partial charge in [0, 0.05) is 24.0 Å². The highest BCUT2D eigenvalue weighted by Crippen LogP contribution is 2.18. The third kappa shape index (κ3) is 8.08. The maximum Gasteiger partial charge on any atom is 0.242 e. The summed E-state index contributed by atoms with van der Waals surface area (Å²) in [6, 6.07) is 14.1. The van der Waals surface area contributed by atoms with Gasteiger partial charge in [-0.25, -0.2) is 0 Å². The number of nitrogens with one attached hydrogen (secondary N) is 1. The molecule has 0 aliphatic carbocycles. The van der Waals surface area contributed by atoms with E-state index in [2.05, 4.69) is 5.32 Å². The van der Waals surface area contributed by atoms with Gasteiger partial charge in [0.25, 0.3) is 0 Å². The van der Waals surface area contributed by atoms with Crippen LogP contribution in [0.1, 0.15) is 45.6 Å². The van der Waals surface area contributed by atoms with Crippen molar-refractivity contribution in [1.82, 2.24) is 10.2 Å². The number of rotatable bonds is 12. The molecule has 0 unspecified atom stereocenters. The summed E-state index contributed by atoms with van der Waals surface area (Å²) in [7, 11) is 1.61. The molecule has 2 aromatic rings. The number of carbonyl (C=O) groups excluding carboxylic acids is 2. The van der Waals surface area contributed by atoms with E-state index in [4.69, 9.17) is 21.1 Å². The molecule has 174 valence electrons. The second kappa shape index (κ2) is 13.0. The van der Waals surface area contributed by atoms with Crippen LogP contribution in [-0.2, 0) is 16.1 Å². The van der Waals surface area contributed by atoms with Crippen LogP contribution in [0.5, 0.6) is 11.5 Å². The molecule has 0 radical (unpaired) electrons. The zero-order valence-electron chi connectivity index (χ0n) is 19.3. The van der Waals surface area contributed by atoms with Crippen LogP contribution < -0.4 is 14.8 Å². The van der Waals surface area contributed by atoms with Crippen LogP contribution in [0.15, 0.2) is 48.5 Å². The highest BCUT2D eigenvalue weighted by atomic mass is 35.5. The van der Waals surface area contributed by atoms with Crippen molar-refractivity contribution in [1.29, 1.82) is 0 Å². The van der Waals surface area contributed by atoms with E-state index < -0.39 is 6.04 Å². The van der Waals surface area contributed by atoms with Crippen LogP contribution in [0.25, 0.3) is 0 Å². The normalized spacial score (nSPS) is 12.5. The Balaban J connectivity index is 2.01. The van der Waals surface area contributed by atoms with E-state index in [-0.39, 0.29) is 24.3 Å². The molecule has 32 heavy (non-hydrogen) atoms. The quantitative estimate of drug-likeness (QED) is 0.460. The van der Waals surface area contributed by atoms with Crippen molar-refractivity contribution < 1.29 is 19.1 Å². The van der Waals surface area contributed by atoms with E-state index >= 15 is 0 Å². The fraction of sp³-hybridized carbons (Fsp3) is 0.440. The van der Waals surface area contributed by atoms with E-state index in [1.54, 1.807) is 43.2 Å². The third-order valence-electron chi connectivity index (χ3n) is 5.30. The Morgan fingerprint density at radius 2 is 1.66 bits per heavy atom. The lowest BCUT2D eigenvalue weighted by Gasteiger charge is -2.30. The van der Waals surface area contributed by atoms with Crippen molar-refractivity contribution in [3.8, 4) is 11.5 Å². The molecular weight excluding hydrogens is 428 g/mol. The van der Waals surface area contributed by atoms with Crippen molar-refractivity contribution in [2.45, 2.75) is 58.7 Å². The predicted molar refractivity (Wildman–Crippen MR) is 127 cm³/mol. The second-order valence-electron chi connectivity index (χ2n) is 7.77. The van der Waals surface area contributed by atoms with Crippen molar-refractivity contribution in [2.75, 3.05) is 13.7 Å². The zero-order valence-corrected chi connectivity index (χ0v) is 20.0.